The van der Waals surface area contributed by atoms with E-state index in [0.29, 0.717) is 28.1 Å². The van der Waals surface area contributed by atoms with E-state index in [9.17, 15) is 4.79 Å². The van der Waals surface area contributed by atoms with Gasteiger partial charge in [-0.1, -0.05) is 30.4 Å². The van der Waals surface area contributed by atoms with E-state index in [1.165, 1.54) is 0 Å². The molecular weight excluding hydrogens is 248 g/mol. The number of carbonyl (C=O) groups is 1. The zero-order valence-electron chi connectivity index (χ0n) is 10.2. The Labute approximate surface area is 112 Å². The smallest absolute Gasteiger partial charge is 0.251 e. The Balaban J connectivity index is 2.10. The van der Waals surface area contributed by atoms with Gasteiger partial charge in [-0.25, -0.2) is 0 Å². The number of amides is 1. The predicted octanol–water partition coefficient (Wildman–Crippen LogP) is 1.79. The summed E-state index contributed by atoms with van der Waals surface area (Å²) >= 11 is 6.07. The summed E-state index contributed by atoms with van der Waals surface area (Å²) in [5.74, 6) is 6.10. The van der Waals surface area contributed by atoms with Crippen molar-refractivity contribution >= 4 is 17.5 Å². The van der Waals surface area contributed by atoms with Gasteiger partial charge in [0, 0.05) is 17.2 Å². The number of halogens is 1. The molecule has 94 valence electrons. The molecule has 2 atom stereocenters. The molecule has 1 aliphatic rings. The zero-order chi connectivity index (χ0) is 13.1. The largest absolute Gasteiger partial charge is 0.349 e. The molecule has 3 N–H and O–H groups in total. The zero-order valence-corrected chi connectivity index (χ0v) is 10.9. The second-order valence-corrected chi connectivity index (χ2v) is 4.90. The average Bonchev–Trinajstić information content (AvgIpc) is 3.03. The minimum absolute atomic E-state index is 0.0791. The Morgan fingerprint density at radius 3 is 2.89 bits per heavy atom. The third kappa shape index (κ3) is 3.04. The van der Waals surface area contributed by atoms with Crippen molar-refractivity contribution in [1.82, 2.24) is 5.32 Å². The number of nitrogens with two attached hydrogens (primary N) is 1. The van der Waals surface area contributed by atoms with Gasteiger partial charge >= 0.3 is 0 Å². The van der Waals surface area contributed by atoms with E-state index in [2.05, 4.69) is 24.1 Å². The number of benzene rings is 1. The summed E-state index contributed by atoms with van der Waals surface area (Å²) in [5.41, 5.74) is 6.56. The van der Waals surface area contributed by atoms with Crippen molar-refractivity contribution in [2.45, 2.75) is 19.4 Å². The molecule has 1 aromatic carbocycles. The lowest BCUT2D eigenvalue weighted by Gasteiger charge is -2.05. The highest BCUT2D eigenvalue weighted by Crippen LogP contribution is 2.29. The Morgan fingerprint density at radius 2 is 2.33 bits per heavy atom. The summed E-state index contributed by atoms with van der Waals surface area (Å²) in [7, 11) is 0. The fourth-order valence-electron chi connectivity index (χ4n) is 1.68. The Hall–Kier alpha value is -1.50. The van der Waals surface area contributed by atoms with Gasteiger partial charge in [-0.15, -0.1) is 0 Å². The monoisotopic (exact) mass is 262 g/mol. The van der Waals surface area contributed by atoms with Crippen LogP contribution in [-0.4, -0.2) is 18.5 Å². The van der Waals surface area contributed by atoms with E-state index < -0.39 is 0 Å². The number of carbonyl (C=O) groups excluding carboxylic acids is 1. The molecule has 0 spiro atoms. The molecule has 0 heterocycles. The summed E-state index contributed by atoms with van der Waals surface area (Å²) in [4.78, 5) is 11.9. The highest BCUT2D eigenvalue weighted by Gasteiger charge is 2.33. The van der Waals surface area contributed by atoms with Gasteiger partial charge in [0.05, 0.1) is 11.6 Å². The van der Waals surface area contributed by atoms with Crippen LogP contribution in [0, 0.1) is 17.8 Å². The average molecular weight is 263 g/mol. The lowest BCUT2D eigenvalue weighted by Crippen LogP contribution is -2.26. The van der Waals surface area contributed by atoms with Gasteiger partial charge in [-0.3, -0.25) is 4.79 Å². The molecular formula is C14H15ClN2O. The van der Waals surface area contributed by atoms with Crippen molar-refractivity contribution < 1.29 is 4.79 Å². The predicted molar refractivity (Wildman–Crippen MR) is 72.4 cm³/mol. The van der Waals surface area contributed by atoms with E-state index in [-0.39, 0.29) is 12.5 Å². The van der Waals surface area contributed by atoms with Crippen LogP contribution >= 0.6 is 11.6 Å². The van der Waals surface area contributed by atoms with Gasteiger partial charge in [0.2, 0.25) is 0 Å². The van der Waals surface area contributed by atoms with Gasteiger partial charge in [0.25, 0.3) is 5.91 Å². The summed E-state index contributed by atoms with van der Waals surface area (Å²) in [6.45, 7) is 2.40. The summed E-state index contributed by atoms with van der Waals surface area (Å²) in [5, 5.41) is 3.44. The van der Waals surface area contributed by atoms with Crippen LogP contribution in [0.1, 0.15) is 29.3 Å². The van der Waals surface area contributed by atoms with Crippen molar-refractivity contribution in [1.29, 1.82) is 0 Å². The Kier molecular flexibility index (Phi) is 3.90. The number of rotatable bonds is 2. The third-order valence-electron chi connectivity index (χ3n) is 2.98. The first-order valence-corrected chi connectivity index (χ1v) is 6.29. The lowest BCUT2D eigenvalue weighted by molar-refractivity contribution is 0.0949. The van der Waals surface area contributed by atoms with Gasteiger partial charge < -0.3 is 11.1 Å². The van der Waals surface area contributed by atoms with Crippen LogP contribution in [0.5, 0.6) is 0 Å². The molecule has 0 radical (unpaired) electrons. The minimum Gasteiger partial charge on any atom is -0.349 e. The molecule has 0 aliphatic heterocycles. The molecule has 1 amide bonds. The van der Waals surface area contributed by atoms with E-state index >= 15 is 0 Å². The van der Waals surface area contributed by atoms with Crippen molar-refractivity contribution in [2.24, 2.45) is 11.7 Å². The fourth-order valence-corrected chi connectivity index (χ4v) is 1.91. The second-order valence-electron chi connectivity index (χ2n) is 4.49. The molecule has 1 fully saturated rings. The Bertz CT molecular complexity index is 530. The van der Waals surface area contributed by atoms with E-state index in [1.54, 1.807) is 18.2 Å². The molecule has 2 rings (SSSR count). The van der Waals surface area contributed by atoms with E-state index in [1.807, 2.05) is 0 Å². The fraction of sp³-hybridized carbons (Fsp3) is 0.357. The van der Waals surface area contributed by atoms with Crippen molar-refractivity contribution in [2.75, 3.05) is 6.54 Å². The van der Waals surface area contributed by atoms with Crippen molar-refractivity contribution in [3.05, 3.63) is 34.3 Å². The quantitative estimate of drug-likeness (QED) is 0.799. The van der Waals surface area contributed by atoms with Crippen molar-refractivity contribution in [3.8, 4) is 11.8 Å². The molecule has 4 heteroatoms. The molecule has 3 nitrogen and oxygen atoms in total. The number of hydrogen-bond donors (Lipinski definition) is 2. The first-order valence-electron chi connectivity index (χ1n) is 5.91. The molecule has 1 aromatic rings. The van der Waals surface area contributed by atoms with E-state index in [4.69, 9.17) is 17.3 Å². The maximum Gasteiger partial charge on any atom is 0.251 e. The lowest BCUT2D eigenvalue weighted by atomic mass is 10.1. The maximum absolute atomic E-state index is 11.9. The molecule has 0 bridgehead atoms. The first kappa shape index (κ1) is 12.9. The number of nitrogens with one attached hydrogen (secondary N) is 1. The SMILES string of the molecule is CC1CC1NC(=O)c1ccc(C#CCN)c(Cl)c1. The van der Waals surface area contributed by atoms with Gasteiger partial charge in [0.15, 0.2) is 0 Å². The topological polar surface area (TPSA) is 55.1 Å². The maximum atomic E-state index is 11.9. The van der Waals surface area contributed by atoms with Crippen LogP contribution in [0.25, 0.3) is 0 Å². The first-order chi connectivity index (χ1) is 8.61. The standard InChI is InChI=1S/C14H15ClN2O/c1-9-7-13(9)17-14(18)11-5-4-10(3-2-6-16)12(15)8-11/h4-5,8-9,13H,6-7,16H2,1H3,(H,17,18). The molecule has 18 heavy (non-hydrogen) atoms. The van der Waals surface area contributed by atoms with Crippen LogP contribution in [0.2, 0.25) is 5.02 Å². The van der Waals surface area contributed by atoms with Crippen LogP contribution < -0.4 is 11.1 Å². The van der Waals surface area contributed by atoms with Crippen LogP contribution in [0.3, 0.4) is 0 Å². The normalized spacial score (nSPS) is 20.8. The summed E-state index contributed by atoms with van der Waals surface area (Å²) < 4.78 is 0. The number of hydrogen-bond acceptors (Lipinski definition) is 2. The van der Waals surface area contributed by atoms with Gasteiger partial charge in [0.1, 0.15) is 0 Å². The second kappa shape index (κ2) is 5.43. The molecule has 2 unspecified atom stereocenters. The Morgan fingerprint density at radius 1 is 1.61 bits per heavy atom. The van der Waals surface area contributed by atoms with Crippen LogP contribution in [0.15, 0.2) is 18.2 Å². The van der Waals surface area contributed by atoms with Gasteiger partial charge in [-0.05, 0) is 30.5 Å². The van der Waals surface area contributed by atoms with Crippen molar-refractivity contribution in [3.63, 3.8) is 0 Å². The summed E-state index contributed by atoms with van der Waals surface area (Å²) in [6.07, 6.45) is 1.06. The molecule has 1 saturated carbocycles. The van der Waals surface area contributed by atoms with Crippen LogP contribution in [0.4, 0.5) is 0 Å². The minimum atomic E-state index is -0.0791. The third-order valence-corrected chi connectivity index (χ3v) is 3.30. The highest BCUT2D eigenvalue weighted by molar-refractivity contribution is 6.32. The van der Waals surface area contributed by atoms with E-state index in [0.717, 1.165) is 6.42 Å². The van der Waals surface area contributed by atoms with Crippen LogP contribution in [-0.2, 0) is 0 Å². The highest BCUT2D eigenvalue weighted by atomic mass is 35.5. The summed E-state index contributed by atoms with van der Waals surface area (Å²) in [6, 6.07) is 5.43. The van der Waals surface area contributed by atoms with Gasteiger partial charge in [-0.2, -0.15) is 0 Å². The molecule has 0 aromatic heterocycles. The molecule has 1 aliphatic carbocycles. The molecule has 0 saturated heterocycles.